The zero-order chi connectivity index (χ0) is 25.3. The van der Waals surface area contributed by atoms with Crippen molar-refractivity contribution < 1.29 is 19.1 Å². The topological polar surface area (TPSA) is 58.9 Å². The maximum Gasteiger partial charge on any atom is 0.261 e. The maximum absolute atomic E-state index is 9.29. The van der Waals surface area contributed by atoms with Crippen LogP contribution in [0.5, 0.6) is 0 Å². The molecule has 186 valence electrons. The molecule has 1 atom stereocenters. The van der Waals surface area contributed by atoms with Gasteiger partial charge < -0.3 is 19.1 Å². The minimum Gasteiger partial charge on any atom is -0.414 e. The molecule has 0 spiro atoms. The minimum absolute atomic E-state index is 0.0229. The summed E-state index contributed by atoms with van der Waals surface area (Å²) in [5, 5.41) is 21.1. The van der Waals surface area contributed by atoms with Gasteiger partial charge in [-0.1, -0.05) is 102 Å². The van der Waals surface area contributed by atoms with Gasteiger partial charge in [-0.3, -0.25) is 0 Å². The number of aliphatic hydroxyl groups excluding tert-OH is 2. The molecule has 0 fully saturated rings. The minimum atomic E-state index is -2.43. The zero-order valence-corrected chi connectivity index (χ0v) is 24.2. The Hall–Kier alpha value is -1.29. The second kappa shape index (κ2) is 12.4. The molecule has 2 aromatic rings. The van der Waals surface area contributed by atoms with E-state index in [0.29, 0.717) is 13.2 Å². The molecule has 0 saturated heterocycles. The highest BCUT2D eigenvalue weighted by Gasteiger charge is 2.49. The molecule has 0 aliphatic carbocycles. The Morgan fingerprint density at radius 1 is 0.758 bits per heavy atom. The number of benzene rings is 2. The molecule has 0 aromatic heterocycles. The molecular weight excluding hydrogens is 444 g/mol. The lowest BCUT2D eigenvalue weighted by Gasteiger charge is -2.42. The molecule has 0 heterocycles. The van der Waals surface area contributed by atoms with Crippen LogP contribution in [-0.4, -0.2) is 52.8 Å². The molecule has 2 aromatic carbocycles. The van der Waals surface area contributed by atoms with Crippen molar-refractivity contribution in [2.24, 2.45) is 0 Å². The highest BCUT2D eigenvalue weighted by molar-refractivity contribution is 6.99. The summed E-state index contributed by atoms with van der Waals surface area (Å²) in [5.41, 5.74) is 0. The highest BCUT2D eigenvalue weighted by atomic mass is 28.4. The molecule has 2 N–H and O–H groups in total. The van der Waals surface area contributed by atoms with Crippen molar-refractivity contribution in [3.63, 3.8) is 0 Å². The predicted molar refractivity (Wildman–Crippen MR) is 145 cm³/mol. The summed E-state index contributed by atoms with van der Waals surface area (Å²) in [6.45, 7) is 20.3. The molecule has 0 aliphatic rings. The van der Waals surface area contributed by atoms with E-state index in [-0.39, 0.29) is 22.8 Å². The van der Waals surface area contributed by atoms with Crippen molar-refractivity contribution in [1.29, 1.82) is 0 Å². The van der Waals surface area contributed by atoms with Crippen LogP contribution in [-0.2, 0) is 8.85 Å². The van der Waals surface area contributed by atoms with Crippen LogP contribution in [0.25, 0.3) is 0 Å². The van der Waals surface area contributed by atoms with Gasteiger partial charge >= 0.3 is 0 Å². The lowest BCUT2D eigenvalue weighted by molar-refractivity contribution is 0.114. The Labute approximate surface area is 204 Å². The van der Waals surface area contributed by atoms with Crippen molar-refractivity contribution in [1.82, 2.24) is 0 Å². The van der Waals surface area contributed by atoms with Crippen LogP contribution >= 0.6 is 0 Å². The van der Waals surface area contributed by atoms with Crippen LogP contribution in [0.2, 0.25) is 23.2 Å². The van der Waals surface area contributed by atoms with E-state index in [2.05, 4.69) is 103 Å². The van der Waals surface area contributed by atoms with E-state index in [0.717, 1.165) is 0 Å². The van der Waals surface area contributed by atoms with E-state index in [1.165, 1.54) is 10.4 Å². The molecule has 6 heteroatoms. The van der Waals surface area contributed by atoms with E-state index in [1.807, 2.05) is 12.1 Å². The molecule has 0 saturated carbocycles. The summed E-state index contributed by atoms with van der Waals surface area (Å²) >= 11 is 0. The van der Waals surface area contributed by atoms with Crippen LogP contribution < -0.4 is 10.4 Å². The van der Waals surface area contributed by atoms with Gasteiger partial charge in [0.15, 0.2) is 8.32 Å². The highest BCUT2D eigenvalue weighted by Crippen LogP contribution is 2.37. The van der Waals surface area contributed by atoms with Gasteiger partial charge in [-0.15, -0.1) is 0 Å². The monoisotopic (exact) mass is 490 g/mol. The van der Waals surface area contributed by atoms with Crippen molar-refractivity contribution in [3.8, 4) is 0 Å². The van der Waals surface area contributed by atoms with E-state index in [1.54, 1.807) is 6.92 Å². The Bertz CT molecular complexity index is 755. The average Bonchev–Trinajstić information content (AvgIpc) is 2.73. The summed E-state index contributed by atoms with van der Waals surface area (Å²) in [6, 6.07) is 20.9. The Morgan fingerprint density at radius 2 is 1.18 bits per heavy atom. The van der Waals surface area contributed by atoms with Crippen molar-refractivity contribution in [2.75, 3.05) is 19.8 Å². The fourth-order valence-corrected chi connectivity index (χ4v) is 9.15. The smallest absolute Gasteiger partial charge is 0.261 e. The summed E-state index contributed by atoms with van der Waals surface area (Å²) in [7, 11) is -4.06. The largest absolute Gasteiger partial charge is 0.414 e. The number of hydrogen-bond donors (Lipinski definition) is 2. The summed E-state index contributed by atoms with van der Waals surface area (Å²) in [4.78, 5) is 0. The number of aliphatic hydroxyl groups is 2. The maximum atomic E-state index is 9.29. The van der Waals surface area contributed by atoms with E-state index < -0.39 is 16.6 Å². The molecule has 4 nitrogen and oxygen atoms in total. The van der Waals surface area contributed by atoms with Gasteiger partial charge in [-0.25, -0.2) is 0 Å². The molecule has 0 bridgehead atoms. The molecule has 0 unspecified atom stereocenters. The Kier molecular flexibility index (Phi) is 11.2. The van der Waals surface area contributed by atoms with E-state index in [4.69, 9.17) is 14.0 Å². The number of rotatable bonds is 8. The number of hydrogen-bond acceptors (Lipinski definition) is 4. The Balaban J connectivity index is 0.000000389. The first-order valence-corrected chi connectivity index (χ1v) is 16.7. The third-order valence-corrected chi connectivity index (χ3v) is 15.9. The lowest BCUT2D eigenvalue weighted by atomic mass is 10.2. The Morgan fingerprint density at radius 3 is 1.48 bits per heavy atom. The molecule has 0 amide bonds. The first-order valence-electron chi connectivity index (χ1n) is 11.9. The first kappa shape index (κ1) is 29.7. The predicted octanol–water partition coefficient (Wildman–Crippen LogP) is 4.94. The van der Waals surface area contributed by atoms with Gasteiger partial charge in [0.2, 0.25) is 0 Å². The van der Waals surface area contributed by atoms with E-state index in [9.17, 15) is 5.11 Å². The van der Waals surface area contributed by atoms with Crippen LogP contribution in [0.1, 0.15) is 48.5 Å². The van der Waals surface area contributed by atoms with Gasteiger partial charge in [0.1, 0.15) is 0 Å². The van der Waals surface area contributed by atoms with Crippen molar-refractivity contribution in [3.05, 3.63) is 60.7 Å². The second-order valence-electron chi connectivity index (χ2n) is 11.2. The van der Waals surface area contributed by atoms with Gasteiger partial charge in [0.25, 0.3) is 8.32 Å². The average molecular weight is 491 g/mol. The third kappa shape index (κ3) is 8.16. The van der Waals surface area contributed by atoms with Gasteiger partial charge in [-0.2, -0.15) is 0 Å². The van der Waals surface area contributed by atoms with Crippen LogP contribution in [0, 0.1) is 0 Å². The van der Waals surface area contributed by atoms with E-state index >= 15 is 0 Å². The van der Waals surface area contributed by atoms with Gasteiger partial charge in [-0.05, 0) is 40.5 Å². The first-order chi connectivity index (χ1) is 15.2. The molecule has 33 heavy (non-hydrogen) atoms. The van der Waals surface area contributed by atoms with Gasteiger partial charge in [0.05, 0.1) is 25.9 Å². The van der Waals surface area contributed by atoms with Crippen LogP contribution in [0.4, 0.5) is 0 Å². The quantitative estimate of drug-likeness (QED) is 0.514. The fraction of sp³-hybridized carbons (Fsp3) is 0.556. The summed E-state index contributed by atoms with van der Waals surface area (Å²) in [5.74, 6) is 0. The van der Waals surface area contributed by atoms with Crippen molar-refractivity contribution in [2.45, 2.75) is 77.7 Å². The van der Waals surface area contributed by atoms with Crippen LogP contribution in [0.15, 0.2) is 60.7 Å². The summed E-state index contributed by atoms with van der Waals surface area (Å²) in [6.07, 6.45) is -0.348. The lowest BCUT2D eigenvalue weighted by Crippen LogP contribution is -2.66. The molecule has 2 rings (SSSR count). The van der Waals surface area contributed by atoms with Crippen LogP contribution in [0.3, 0.4) is 0 Å². The molecule has 0 aliphatic heterocycles. The second-order valence-corrected chi connectivity index (χ2v) is 20.3. The normalized spacial score (nSPS) is 13.8. The fourth-order valence-electron chi connectivity index (χ4n) is 3.51. The SMILES string of the molecule is CC(C)(C)[Si](OCCO)(c1ccccc1)c1ccccc1.C[C@@H](O)CO[Si](C)(C)C(C)(C)C. The summed E-state index contributed by atoms with van der Waals surface area (Å²) < 4.78 is 12.1. The standard InChI is InChI=1S/C18H24O2Si.C9H22O2Si/c1-18(2,3)21(20-15-14-19,16-10-6-4-7-11-16)17-12-8-5-9-13-17;1-8(10)7-11-12(5,6)9(2,3)4/h4-13,19H,14-15H2,1-3H3;8,10H,7H2,1-6H3/t;8-/m.1/s1. The van der Waals surface area contributed by atoms with Crippen molar-refractivity contribution >= 4 is 27.0 Å². The third-order valence-electron chi connectivity index (χ3n) is 6.32. The van der Waals surface area contributed by atoms with Gasteiger partial charge in [0, 0.05) is 0 Å². The zero-order valence-electron chi connectivity index (χ0n) is 22.2. The molecular formula is C27H46O4Si2. The molecule has 0 radical (unpaired) electrons.